The molecule has 4 nitrogen and oxygen atoms in total. The number of rotatable bonds is 10. The Balaban J connectivity index is 2.82. The highest BCUT2D eigenvalue weighted by molar-refractivity contribution is 6.69. The lowest BCUT2D eigenvalue weighted by Gasteiger charge is -2.35. The van der Waals surface area contributed by atoms with Gasteiger partial charge in [0.2, 0.25) is 8.32 Å². The number of benzene rings is 1. The number of hydrogen-bond donors (Lipinski definition) is 0. The Morgan fingerprint density at radius 1 is 1.20 bits per heavy atom. The molecule has 140 valence electrons. The molecule has 1 atom stereocenters. The van der Waals surface area contributed by atoms with Gasteiger partial charge in [-0.1, -0.05) is 36.9 Å². The lowest BCUT2D eigenvalue weighted by atomic mass is 10.1. The molecule has 1 aromatic rings. The average molecular weight is 365 g/mol. The fourth-order valence-electron chi connectivity index (χ4n) is 2.55. The molecule has 0 aliphatic carbocycles. The Morgan fingerprint density at radius 3 is 2.28 bits per heavy atom. The first-order chi connectivity index (χ1) is 11.5. The molecule has 25 heavy (non-hydrogen) atoms. The lowest BCUT2D eigenvalue weighted by Crippen LogP contribution is -2.48. The fraction of sp³-hybridized carbons (Fsp3) is 0.500. The second-order valence-electron chi connectivity index (χ2n) is 7.86. The topological polar surface area (TPSA) is 27.7 Å². The van der Waals surface area contributed by atoms with Gasteiger partial charge in [0.1, 0.15) is 12.6 Å². The van der Waals surface area contributed by atoms with Gasteiger partial charge in [-0.05, 0) is 37.7 Å². The number of ether oxygens (including phenoxy) is 2. The normalized spacial score (nSPS) is 14.1. The monoisotopic (exact) mass is 364 g/mol. The first-order valence-corrected chi connectivity index (χ1v) is 12.0. The van der Waals surface area contributed by atoms with Crippen LogP contribution in [0.1, 0.15) is 12.5 Å². The summed E-state index contributed by atoms with van der Waals surface area (Å²) in [6.45, 7) is 13.8. The van der Waals surface area contributed by atoms with E-state index in [0.29, 0.717) is 23.6 Å². The molecular weight excluding hydrogens is 330 g/mol. The van der Waals surface area contributed by atoms with Crippen molar-refractivity contribution >= 4 is 8.32 Å². The smallest absolute Gasteiger partial charge is 0.321 e. The summed E-state index contributed by atoms with van der Waals surface area (Å²) in [6.07, 6.45) is 2.00. The predicted molar refractivity (Wildman–Crippen MR) is 106 cm³/mol. The van der Waals surface area contributed by atoms with Gasteiger partial charge in [-0.15, -0.1) is 0 Å². The first-order valence-electron chi connectivity index (χ1n) is 8.61. The van der Waals surface area contributed by atoms with Crippen molar-refractivity contribution in [1.82, 2.24) is 0 Å². The van der Waals surface area contributed by atoms with Gasteiger partial charge in [0, 0.05) is 0 Å². The molecule has 0 amide bonds. The summed E-state index contributed by atoms with van der Waals surface area (Å²) in [4.78, 5) is 0. The molecule has 1 aromatic carbocycles. The van der Waals surface area contributed by atoms with Crippen LogP contribution in [0.3, 0.4) is 0 Å². The van der Waals surface area contributed by atoms with Crippen LogP contribution in [0.15, 0.2) is 54.6 Å². The van der Waals surface area contributed by atoms with Crippen molar-refractivity contribution < 1.29 is 18.4 Å². The van der Waals surface area contributed by atoms with E-state index in [1.165, 1.54) is 5.56 Å². The maximum absolute atomic E-state index is 6.02. The predicted octanol–water partition coefficient (Wildman–Crippen LogP) is 4.52. The third-order valence-corrected chi connectivity index (χ3v) is 4.62. The number of likely N-dealkylation sites (N-methyl/N-ethyl adjacent to an activating group) is 1. The highest BCUT2D eigenvalue weighted by Gasteiger charge is 2.30. The summed E-state index contributed by atoms with van der Waals surface area (Å²) in [5, 5.41) is 0. The van der Waals surface area contributed by atoms with E-state index in [1.807, 2.05) is 31.3 Å². The Morgan fingerprint density at radius 2 is 1.80 bits per heavy atom. The summed E-state index contributed by atoms with van der Waals surface area (Å²) in [5.74, 6) is 0.568. The third kappa shape index (κ3) is 7.90. The molecule has 0 aliphatic heterocycles. The minimum atomic E-state index is -1.73. The quantitative estimate of drug-likeness (QED) is 0.264. The van der Waals surface area contributed by atoms with Crippen molar-refractivity contribution in [2.45, 2.75) is 39.2 Å². The molecule has 0 saturated heterocycles. The van der Waals surface area contributed by atoms with Crippen LogP contribution in [-0.2, 0) is 20.5 Å². The molecule has 0 fully saturated rings. The van der Waals surface area contributed by atoms with Crippen LogP contribution in [-0.4, -0.2) is 46.7 Å². The highest BCUT2D eigenvalue weighted by Crippen LogP contribution is 2.20. The van der Waals surface area contributed by atoms with E-state index in [2.05, 4.69) is 52.4 Å². The van der Waals surface area contributed by atoms with Gasteiger partial charge in [0.25, 0.3) is 0 Å². The second-order valence-corrected chi connectivity index (χ2v) is 12.3. The maximum atomic E-state index is 6.02. The molecular formula is C20H34NO3Si+. The first kappa shape index (κ1) is 21.5. The summed E-state index contributed by atoms with van der Waals surface area (Å²) in [5.41, 5.74) is 2.24. The molecule has 0 N–H and O–H groups in total. The zero-order chi connectivity index (χ0) is 19.1. The standard InChI is InChI=1S/C20H34NO3Si/c1-17(2)19(16-23-15-18-12-10-9-11-13-18)21(3,4)14-20(22-5)24-25(6,7)8/h9-14,19H,1,15-16H2,2-8H3/q+1/b20-14+. The van der Waals surface area contributed by atoms with Crippen LogP contribution >= 0.6 is 0 Å². The highest BCUT2D eigenvalue weighted by atomic mass is 28.4. The third-order valence-electron chi connectivity index (χ3n) is 3.81. The van der Waals surface area contributed by atoms with Crippen molar-refractivity contribution in [3.63, 3.8) is 0 Å². The molecule has 0 bridgehead atoms. The minimum absolute atomic E-state index is 0.110. The number of quaternary nitrogens is 1. The Bertz CT molecular complexity index is 576. The minimum Gasteiger partial charge on any atom is -0.516 e. The van der Waals surface area contributed by atoms with Crippen molar-refractivity contribution in [3.8, 4) is 0 Å². The van der Waals surface area contributed by atoms with Crippen LogP contribution in [0.25, 0.3) is 0 Å². The SMILES string of the molecule is C=C(C)C(COCc1ccccc1)[N+](C)(C)/C=C(\OC)O[Si](C)(C)C. The Labute approximate surface area is 154 Å². The van der Waals surface area contributed by atoms with Gasteiger partial charge >= 0.3 is 5.95 Å². The fourth-order valence-corrected chi connectivity index (χ4v) is 3.29. The van der Waals surface area contributed by atoms with Gasteiger partial charge in [0.15, 0.2) is 6.20 Å². The van der Waals surface area contributed by atoms with Crippen LogP contribution in [0.5, 0.6) is 0 Å². The molecule has 5 heteroatoms. The average Bonchev–Trinajstić information content (AvgIpc) is 2.49. The van der Waals surface area contributed by atoms with Crippen molar-refractivity contribution in [2.75, 3.05) is 27.8 Å². The van der Waals surface area contributed by atoms with E-state index in [0.717, 1.165) is 5.57 Å². The van der Waals surface area contributed by atoms with Crippen molar-refractivity contribution in [3.05, 3.63) is 60.2 Å². The lowest BCUT2D eigenvalue weighted by molar-refractivity contribution is -0.861. The molecule has 0 aliphatic rings. The molecule has 1 unspecified atom stereocenters. The molecule has 0 saturated carbocycles. The maximum Gasteiger partial charge on any atom is 0.321 e. The van der Waals surface area contributed by atoms with Crippen molar-refractivity contribution in [2.24, 2.45) is 0 Å². The van der Waals surface area contributed by atoms with Crippen LogP contribution in [0, 0.1) is 0 Å². The van der Waals surface area contributed by atoms with Gasteiger partial charge in [0.05, 0.1) is 27.8 Å². The summed E-state index contributed by atoms with van der Waals surface area (Å²) >= 11 is 0. The summed E-state index contributed by atoms with van der Waals surface area (Å²) < 4.78 is 18.0. The van der Waals surface area contributed by atoms with Gasteiger partial charge in [-0.2, -0.15) is 0 Å². The summed E-state index contributed by atoms with van der Waals surface area (Å²) in [6, 6.07) is 10.3. The van der Waals surface area contributed by atoms with E-state index < -0.39 is 8.32 Å². The van der Waals surface area contributed by atoms with Gasteiger partial charge in [-0.25, -0.2) is 0 Å². The molecule has 0 aromatic heterocycles. The van der Waals surface area contributed by atoms with Gasteiger partial charge < -0.3 is 13.9 Å². The second kappa shape index (κ2) is 9.22. The molecule has 1 rings (SSSR count). The van der Waals surface area contributed by atoms with E-state index >= 15 is 0 Å². The molecule has 0 radical (unpaired) electrons. The molecule has 0 heterocycles. The van der Waals surface area contributed by atoms with E-state index in [-0.39, 0.29) is 6.04 Å². The van der Waals surface area contributed by atoms with E-state index in [9.17, 15) is 0 Å². The Kier molecular flexibility index (Phi) is 7.92. The van der Waals surface area contributed by atoms with E-state index in [4.69, 9.17) is 13.9 Å². The van der Waals surface area contributed by atoms with Crippen molar-refractivity contribution in [1.29, 1.82) is 0 Å². The summed E-state index contributed by atoms with van der Waals surface area (Å²) in [7, 11) is 4.13. The van der Waals surface area contributed by atoms with Crippen LogP contribution < -0.4 is 0 Å². The van der Waals surface area contributed by atoms with Crippen LogP contribution in [0.4, 0.5) is 0 Å². The number of methoxy groups -OCH3 is 1. The zero-order valence-corrected chi connectivity index (χ0v) is 17.8. The largest absolute Gasteiger partial charge is 0.516 e. The van der Waals surface area contributed by atoms with Gasteiger partial charge in [-0.3, -0.25) is 4.48 Å². The number of nitrogens with zero attached hydrogens (tertiary/aromatic N) is 1. The zero-order valence-electron chi connectivity index (χ0n) is 16.8. The Hall–Kier alpha value is -1.56. The van der Waals surface area contributed by atoms with E-state index in [1.54, 1.807) is 7.11 Å². The number of hydrogen-bond acceptors (Lipinski definition) is 3. The molecule has 0 spiro atoms. The van der Waals surface area contributed by atoms with Crippen LogP contribution in [0.2, 0.25) is 19.6 Å².